The van der Waals surface area contributed by atoms with Gasteiger partial charge >= 0.3 is 12.1 Å². The second kappa shape index (κ2) is 23.7. The van der Waals surface area contributed by atoms with Crippen LogP contribution in [0.4, 0.5) is 4.79 Å². The van der Waals surface area contributed by atoms with Crippen LogP contribution in [0.25, 0.3) is 0 Å². The average molecular weight is 807 g/mol. The minimum absolute atomic E-state index is 0.000107. The minimum atomic E-state index is -0.692. The number of amides is 2. The van der Waals surface area contributed by atoms with Gasteiger partial charge in [0.2, 0.25) is 5.91 Å². The first-order valence-electron chi connectivity index (χ1n) is 19.9. The van der Waals surface area contributed by atoms with Gasteiger partial charge in [0.15, 0.2) is 0 Å². The molecule has 3 aromatic carbocycles. The number of carbonyl (C=O) groups excluding carboxylic acids is 3. The lowest BCUT2D eigenvalue weighted by Gasteiger charge is -2.37. The Labute approximate surface area is 345 Å². The topological polar surface area (TPSA) is 109 Å². The number of hydrogen-bond acceptors (Lipinski definition) is 9. The Morgan fingerprint density at radius 2 is 1.36 bits per heavy atom. The van der Waals surface area contributed by atoms with Crippen molar-refractivity contribution in [3.63, 3.8) is 0 Å². The number of thioether (sulfide) groups is 2. The Hall–Kier alpha value is -3.51. The fourth-order valence-corrected chi connectivity index (χ4v) is 8.83. The highest BCUT2D eigenvalue weighted by Gasteiger charge is 2.38. The van der Waals surface area contributed by atoms with Crippen molar-refractivity contribution in [3.05, 3.63) is 108 Å². The van der Waals surface area contributed by atoms with E-state index in [0.717, 1.165) is 35.3 Å². The number of alkyl carbamates (subject to hydrolysis) is 1. The number of rotatable bonds is 23. The third-order valence-electron chi connectivity index (χ3n) is 10.0. The molecule has 0 aliphatic heterocycles. The summed E-state index contributed by atoms with van der Waals surface area (Å²) in [6, 6.07) is 30.2. The number of nitrogens with one attached hydrogen (secondary N) is 3. The average Bonchev–Trinajstić information content (AvgIpc) is 3.19. The highest BCUT2D eigenvalue weighted by atomic mass is 32.2. The Kier molecular flexibility index (Phi) is 19.8. The molecule has 0 aromatic heterocycles. The van der Waals surface area contributed by atoms with Crippen molar-refractivity contribution < 1.29 is 23.9 Å². The van der Waals surface area contributed by atoms with Gasteiger partial charge in [-0.1, -0.05) is 125 Å². The predicted octanol–water partition coefficient (Wildman–Crippen LogP) is 8.12. The second-order valence-corrected chi connectivity index (χ2v) is 17.7. The van der Waals surface area contributed by atoms with Crippen molar-refractivity contribution in [1.82, 2.24) is 20.9 Å². The summed E-state index contributed by atoms with van der Waals surface area (Å²) in [6.07, 6.45) is 4.39. The Bertz CT molecular complexity index is 1500. The van der Waals surface area contributed by atoms with E-state index in [2.05, 4.69) is 114 Å². The SMILES string of the molecule is CCC[C@@H](C(=O)N[C@@H](CCSC)C(=O)OC)N(C)C[C@@H](NC[C@H](CSC(c1ccccc1)(c1ccccc1)c1ccccc1)NC(=O)OC(C)(C)C)[C@@H](C)CC. The maximum absolute atomic E-state index is 13.8. The smallest absolute Gasteiger partial charge is 0.407 e. The number of ether oxygens (including phenoxy) is 2. The van der Waals surface area contributed by atoms with Gasteiger partial charge in [0.25, 0.3) is 0 Å². The molecule has 0 spiro atoms. The third kappa shape index (κ3) is 14.1. The predicted molar refractivity (Wildman–Crippen MR) is 234 cm³/mol. The Morgan fingerprint density at radius 1 is 0.821 bits per heavy atom. The van der Waals surface area contributed by atoms with E-state index in [1.165, 1.54) is 7.11 Å². The van der Waals surface area contributed by atoms with Crippen LogP contribution in [0.15, 0.2) is 91.0 Å². The van der Waals surface area contributed by atoms with Gasteiger partial charge in [-0.2, -0.15) is 11.8 Å². The lowest BCUT2D eigenvalue weighted by molar-refractivity contribution is -0.145. The van der Waals surface area contributed by atoms with Gasteiger partial charge in [0.1, 0.15) is 11.6 Å². The monoisotopic (exact) mass is 806 g/mol. The number of benzene rings is 3. The number of likely N-dealkylation sites (N-methyl/N-ethyl adjacent to an activating group) is 1. The number of esters is 1. The van der Waals surface area contributed by atoms with Gasteiger partial charge in [-0.15, -0.1) is 11.8 Å². The molecule has 0 saturated carbocycles. The zero-order valence-corrected chi connectivity index (χ0v) is 36.6. The van der Waals surface area contributed by atoms with Crippen LogP contribution < -0.4 is 16.0 Å². The second-order valence-electron chi connectivity index (χ2n) is 15.4. The van der Waals surface area contributed by atoms with E-state index in [9.17, 15) is 14.4 Å². The summed E-state index contributed by atoms with van der Waals surface area (Å²) >= 11 is 3.42. The van der Waals surface area contributed by atoms with Crippen LogP contribution in [0, 0.1) is 5.92 Å². The van der Waals surface area contributed by atoms with Crippen molar-refractivity contribution in [2.45, 2.75) is 102 Å². The molecular weight excluding hydrogens is 741 g/mol. The van der Waals surface area contributed by atoms with Crippen LogP contribution in [0.3, 0.4) is 0 Å². The molecule has 0 aliphatic carbocycles. The van der Waals surface area contributed by atoms with Crippen LogP contribution in [0.5, 0.6) is 0 Å². The lowest BCUT2D eigenvalue weighted by Crippen LogP contribution is -2.55. The molecule has 0 bridgehead atoms. The lowest BCUT2D eigenvalue weighted by atomic mass is 9.84. The van der Waals surface area contributed by atoms with Crippen LogP contribution >= 0.6 is 23.5 Å². The summed E-state index contributed by atoms with van der Waals surface area (Å²) in [5.41, 5.74) is 2.78. The largest absolute Gasteiger partial charge is 0.467 e. The van der Waals surface area contributed by atoms with E-state index in [1.54, 1.807) is 23.5 Å². The number of nitrogens with zero attached hydrogens (tertiary/aromatic N) is 1. The highest BCUT2D eigenvalue weighted by molar-refractivity contribution is 8.00. The Balaban J connectivity index is 1.94. The van der Waals surface area contributed by atoms with E-state index in [4.69, 9.17) is 9.47 Å². The minimum Gasteiger partial charge on any atom is -0.467 e. The van der Waals surface area contributed by atoms with E-state index < -0.39 is 34.5 Å². The number of methoxy groups -OCH3 is 1. The van der Waals surface area contributed by atoms with Crippen LogP contribution in [-0.4, -0.2) is 97.6 Å². The van der Waals surface area contributed by atoms with Gasteiger partial charge in [-0.3, -0.25) is 9.69 Å². The molecule has 0 heterocycles. The summed E-state index contributed by atoms with van der Waals surface area (Å²) in [7, 11) is 3.33. The van der Waals surface area contributed by atoms with Crippen LogP contribution in [-0.2, 0) is 23.8 Å². The third-order valence-corrected chi connectivity index (χ3v) is 12.4. The van der Waals surface area contributed by atoms with E-state index >= 15 is 0 Å². The molecule has 11 heteroatoms. The molecule has 2 amide bonds. The molecule has 3 rings (SSSR count). The molecule has 308 valence electrons. The molecule has 3 aromatic rings. The molecule has 0 unspecified atom stereocenters. The molecule has 9 nitrogen and oxygen atoms in total. The van der Waals surface area contributed by atoms with Crippen molar-refractivity contribution in [1.29, 1.82) is 0 Å². The molecule has 0 aliphatic rings. The molecule has 3 N–H and O–H groups in total. The van der Waals surface area contributed by atoms with Crippen LogP contribution in [0.2, 0.25) is 0 Å². The molecule has 5 atom stereocenters. The van der Waals surface area contributed by atoms with Crippen LogP contribution in [0.1, 0.15) is 83.9 Å². The van der Waals surface area contributed by atoms with Crippen molar-refractivity contribution >= 4 is 41.5 Å². The fourth-order valence-electron chi connectivity index (χ4n) is 6.80. The molecule has 0 saturated heterocycles. The normalized spacial score (nSPS) is 14.6. The fraction of sp³-hybridized carbons (Fsp3) is 0.533. The zero-order valence-electron chi connectivity index (χ0n) is 35.0. The Morgan fingerprint density at radius 3 is 1.80 bits per heavy atom. The maximum Gasteiger partial charge on any atom is 0.407 e. The number of carbonyl (C=O) groups is 3. The van der Waals surface area contributed by atoms with Gasteiger partial charge < -0.3 is 25.4 Å². The summed E-state index contributed by atoms with van der Waals surface area (Å²) in [5, 5.41) is 10.0. The van der Waals surface area contributed by atoms with Crippen molar-refractivity contribution in [3.8, 4) is 0 Å². The first kappa shape index (κ1) is 46.9. The van der Waals surface area contributed by atoms with Gasteiger partial charge in [0, 0.05) is 24.9 Å². The van der Waals surface area contributed by atoms with Crippen molar-refractivity contribution in [2.24, 2.45) is 5.92 Å². The highest BCUT2D eigenvalue weighted by Crippen LogP contribution is 2.48. The van der Waals surface area contributed by atoms with Gasteiger partial charge in [0.05, 0.1) is 23.9 Å². The summed E-state index contributed by atoms with van der Waals surface area (Å²) < 4.78 is 10.2. The first-order valence-corrected chi connectivity index (χ1v) is 22.3. The van der Waals surface area contributed by atoms with Crippen molar-refractivity contribution in [2.75, 3.05) is 45.0 Å². The standard InChI is InChI=1S/C45H66N4O5S2/c1-10-21-40(41(50)48-38(28-29-55-9)42(51)53-8)49(7)31-39(33(3)11-2)46-30-37(47-43(52)54-44(4,5)6)32-56-45(34-22-15-12-16-23-34,35-24-17-13-18-25-35)36-26-19-14-20-27-36/h12-20,22-27,33,37-40,46H,10-11,21,28-32H2,1-9H3,(H,47,52)(H,48,50)/t33-,37+,38-,39+,40-/m0/s1. The molecule has 0 radical (unpaired) electrons. The summed E-state index contributed by atoms with van der Waals surface area (Å²) in [6.45, 7) is 13.1. The van der Waals surface area contributed by atoms with Gasteiger partial charge in [-0.25, -0.2) is 9.59 Å². The number of hydrogen-bond donors (Lipinski definition) is 3. The van der Waals surface area contributed by atoms with E-state index in [1.807, 2.05) is 52.3 Å². The summed E-state index contributed by atoms with van der Waals surface area (Å²) in [4.78, 5) is 41.8. The first-order chi connectivity index (χ1) is 26.8. The quantitative estimate of drug-likeness (QED) is 0.0647. The summed E-state index contributed by atoms with van der Waals surface area (Å²) in [5.74, 6) is 0.961. The maximum atomic E-state index is 13.8. The van der Waals surface area contributed by atoms with Gasteiger partial charge in [-0.05, 0) is 75.3 Å². The zero-order chi connectivity index (χ0) is 41.1. The van der Waals surface area contributed by atoms with E-state index in [0.29, 0.717) is 31.7 Å². The molecule has 56 heavy (non-hydrogen) atoms. The van der Waals surface area contributed by atoms with E-state index in [-0.39, 0.29) is 23.9 Å². The molecular formula is C45H66N4O5S2. The molecule has 0 fully saturated rings.